The molecular weight excluding hydrogens is 280 g/mol. The molecular formula is C13H10N2O4S. The Labute approximate surface area is 117 Å². The van der Waals surface area contributed by atoms with Crippen LogP contribution >= 0.6 is 11.3 Å². The van der Waals surface area contributed by atoms with Crippen molar-refractivity contribution >= 4 is 27.5 Å². The molecule has 0 aromatic carbocycles. The van der Waals surface area contributed by atoms with Gasteiger partial charge in [-0.3, -0.25) is 9.36 Å². The van der Waals surface area contributed by atoms with Crippen LogP contribution in [0.1, 0.15) is 16.1 Å². The first-order valence-electron chi connectivity index (χ1n) is 5.78. The van der Waals surface area contributed by atoms with Gasteiger partial charge in [-0.15, -0.1) is 11.3 Å². The van der Waals surface area contributed by atoms with Gasteiger partial charge >= 0.3 is 5.97 Å². The van der Waals surface area contributed by atoms with Crippen molar-refractivity contribution in [1.82, 2.24) is 9.55 Å². The molecule has 0 atom stereocenters. The second-order valence-corrected chi connectivity index (χ2v) is 5.00. The third kappa shape index (κ3) is 2.01. The normalized spacial score (nSPS) is 10.8. The van der Waals surface area contributed by atoms with E-state index in [1.807, 2.05) is 5.38 Å². The molecule has 3 heterocycles. The number of furan rings is 1. The molecule has 0 spiro atoms. The molecule has 0 radical (unpaired) electrons. The number of fused-ring (bicyclic) bond motifs is 1. The van der Waals surface area contributed by atoms with Crippen LogP contribution in [-0.4, -0.2) is 22.6 Å². The zero-order chi connectivity index (χ0) is 14.1. The number of carbonyl (C=O) groups is 1. The van der Waals surface area contributed by atoms with E-state index in [1.54, 1.807) is 12.1 Å². The van der Waals surface area contributed by atoms with Gasteiger partial charge in [-0.1, -0.05) is 0 Å². The smallest absolute Gasteiger partial charge is 0.374 e. The van der Waals surface area contributed by atoms with E-state index in [1.165, 1.54) is 35.6 Å². The van der Waals surface area contributed by atoms with Crippen molar-refractivity contribution in [3.05, 3.63) is 51.8 Å². The van der Waals surface area contributed by atoms with E-state index < -0.39 is 5.97 Å². The summed E-state index contributed by atoms with van der Waals surface area (Å²) in [5, 5.41) is 1.82. The second-order valence-electron chi connectivity index (χ2n) is 4.08. The van der Waals surface area contributed by atoms with E-state index >= 15 is 0 Å². The van der Waals surface area contributed by atoms with Crippen LogP contribution in [0.3, 0.4) is 0 Å². The Balaban J connectivity index is 2.02. The molecule has 0 unspecified atom stereocenters. The Hall–Kier alpha value is -2.41. The molecule has 3 aromatic rings. The molecule has 0 saturated carbocycles. The van der Waals surface area contributed by atoms with Crippen LogP contribution in [0.4, 0.5) is 0 Å². The molecule has 0 bridgehead atoms. The van der Waals surface area contributed by atoms with E-state index in [9.17, 15) is 9.59 Å². The van der Waals surface area contributed by atoms with Crippen molar-refractivity contribution in [2.45, 2.75) is 6.54 Å². The maximum atomic E-state index is 12.3. The highest BCUT2D eigenvalue weighted by Crippen LogP contribution is 2.16. The lowest BCUT2D eigenvalue weighted by atomic mass is 10.2. The number of esters is 1. The highest BCUT2D eigenvalue weighted by molar-refractivity contribution is 7.17. The Morgan fingerprint density at radius 3 is 3.15 bits per heavy atom. The van der Waals surface area contributed by atoms with E-state index in [2.05, 4.69) is 9.72 Å². The lowest BCUT2D eigenvalue weighted by Gasteiger charge is -2.04. The largest absolute Gasteiger partial charge is 0.463 e. The van der Waals surface area contributed by atoms with Crippen molar-refractivity contribution in [2.24, 2.45) is 0 Å². The van der Waals surface area contributed by atoms with Gasteiger partial charge in [0.15, 0.2) is 0 Å². The molecule has 102 valence electrons. The number of thiophene rings is 1. The van der Waals surface area contributed by atoms with Gasteiger partial charge < -0.3 is 9.15 Å². The van der Waals surface area contributed by atoms with Crippen LogP contribution in [0, 0.1) is 0 Å². The first-order valence-corrected chi connectivity index (χ1v) is 6.66. The van der Waals surface area contributed by atoms with Crippen LogP contribution < -0.4 is 5.56 Å². The summed E-state index contributed by atoms with van der Waals surface area (Å²) in [6, 6.07) is 3.43. The topological polar surface area (TPSA) is 74.3 Å². The number of ether oxygens (including phenoxy) is 1. The van der Waals surface area contributed by atoms with Gasteiger partial charge in [0, 0.05) is 5.56 Å². The minimum Gasteiger partial charge on any atom is -0.463 e. The SMILES string of the molecule is COC(=O)c1occc1Cn1cnc2ccsc2c1=O. The lowest BCUT2D eigenvalue weighted by Crippen LogP contribution is -2.21. The molecule has 7 heteroatoms. The average molecular weight is 290 g/mol. The summed E-state index contributed by atoms with van der Waals surface area (Å²) in [5.41, 5.74) is 1.12. The van der Waals surface area contributed by atoms with Gasteiger partial charge in [0.2, 0.25) is 5.76 Å². The summed E-state index contributed by atoms with van der Waals surface area (Å²) in [7, 11) is 1.28. The number of hydrogen-bond acceptors (Lipinski definition) is 6. The van der Waals surface area contributed by atoms with E-state index in [-0.39, 0.29) is 17.9 Å². The van der Waals surface area contributed by atoms with Gasteiger partial charge in [0.25, 0.3) is 5.56 Å². The molecule has 3 aromatic heterocycles. The van der Waals surface area contributed by atoms with Crippen LogP contribution in [-0.2, 0) is 11.3 Å². The minimum absolute atomic E-state index is 0.102. The molecule has 3 rings (SSSR count). The molecule has 0 fully saturated rings. The predicted octanol–water partition coefficient (Wildman–Crippen LogP) is 1.89. The van der Waals surface area contributed by atoms with Crippen molar-refractivity contribution in [1.29, 1.82) is 0 Å². The maximum absolute atomic E-state index is 12.3. The molecule has 6 nitrogen and oxygen atoms in total. The highest BCUT2D eigenvalue weighted by atomic mass is 32.1. The Morgan fingerprint density at radius 1 is 1.50 bits per heavy atom. The summed E-state index contributed by atoms with van der Waals surface area (Å²) in [6.45, 7) is 0.209. The Bertz CT molecular complexity index is 830. The molecule has 0 N–H and O–H groups in total. The van der Waals surface area contributed by atoms with Crippen molar-refractivity contribution in [3.8, 4) is 0 Å². The monoisotopic (exact) mass is 290 g/mol. The number of rotatable bonds is 3. The van der Waals surface area contributed by atoms with Crippen LogP contribution in [0.2, 0.25) is 0 Å². The van der Waals surface area contributed by atoms with Crippen LogP contribution in [0.5, 0.6) is 0 Å². The quantitative estimate of drug-likeness (QED) is 0.689. The van der Waals surface area contributed by atoms with E-state index in [0.29, 0.717) is 15.8 Å². The fourth-order valence-corrected chi connectivity index (χ4v) is 2.70. The summed E-state index contributed by atoms with van der Waals surface area (Å²) < 4.78 is 11.8. The first-order chi connectivity index (χ1) is 9.70. The number of methoxy groups -OCH3 is 1. The third-order valence-electron chi connectivity index (χ3n) is 2.89. The third-order valence-corrected chi connectivity index (χ3v) is 3.79. The number of nitrogens with zero attached hydrogens (tertiary/aromatic N) is 2. The summed E-state index contributed by atoms with van der Waals surface area (Å²) >= 11 is 1.34. The second kappa shape index (κ2) is 4.93. The van der Waals surface area contributed by atoms with Gasteiger partial charge in [-0.25, -0.2) is 9.78 Å². The van der Waals surface area contributed by atoms with Gasteiger partial charge in [-0.2, -0.15) is 0 Å². The van der Waals surface area contributed by atoms with E-state index in [0.717, 1.165) is 0 Å². The lowest BCUT2D eigenvalue weighted by molar-refractivity contribution is 0.0563. The van der Waals surface area contributed by atoms with Crippen molar-refractivity contribution < 1.29 is 13.9 Å². The molecule has 0 aliphatic carbocycles. The average Bonchev–Trinajstić information content (AvgIpc) is 3.10. The fourth-order valence-electron chi connectivity index (χ4n) is 1.91. The standard InChI is InChI=1S/C13H10N2O4S/c1-18-13(17)10-8(2-4-19-10)6-15-7-14-9-3-5-20-11(9)12(15)16/h2-5,7H,6H2,1H3. The summed E-state index contributed by atoms with van der Waals surface area (Å²) in [5.74, 6) is -0.464. The van der Waals surface area contributed by atoms with Crippen molar-refractivity contribution in [3.63, 3.8) is 0 Å². The number of carbonyl (C=O) groups excluding carboxylic acids is 1. The van der Waals surface area contributed by atoms with Crippen LogP contribution in [0.25, 0.3) is 10.2 Å². The zero-order valence-corrected chi connectivity index (χ0v) is 11.3. The first kappa shape index (κ1) is 12.6. The molecule has 0 aliphatic heterocycles. The molecule has 0 saturated heterocycles. The fraction of sp³-hybridized carbons (Fsp3) is 0.154. The molecule has 0 aliphatic rings. The van der Waals surface area contributed by atoms with Crippen LogP contribution in [0.15, 0.2) is 39.3 Å². The Morgan fingerprint density at radius 2 is 2.35 bits per heavy atom. The number of hydrogen-bond donors (Lipinski definition) is 0. The molecule has 0 amide bonds. The predicted molar refractivity (Wildman–Crippen MR) is 73.0 cm³/mol. The van der Waals surface area contributed by atoms with Gasteiger partial charge in [-0.05, 0) is 17.5 Å². The van der Waals surface area contributed by atoms with Crippen molar-refractivity contribution in [2.75, 3.05) is 7.11 Å². The zero-order valence-electron chi connectivity index (χ0n) is 10.5. The summed E-state index contributed by atoms with van der Waals surface area (Å²) in [4.78, 5) is 28.0. The Kier molecular flexibility index (Phi) is 3.11. The minimum atomic E-state index is -0.566. The molecule has 20 heavy (non-hydrogen) atoms. The van der Waals surface area contributed by atoms with E-state index in [4.69, 9.17) is 4.42 Å². The highest BCUT2D eigenvalue weighted by Gasteiger charge is 2.17. The van der Waals surface area contributed by atoms with Gasteiger partial charge in [0.1, 0.15) is 4.70 Å². The van der Waals surface area contributed by atoms with Gasteiger partial charge in [0.05, 0.1) is 31.8 Å². The maximum Gasteiger partial charge on any atom is 0.374 e. The summed E-state index contributed by atoms with van der Waals surface area (Å²) in [6.07, 6.45) is 2.86. The number of aromatic nitrogens is 2.